The molecule has 4 aromatic rings. The molecule has 35 heavy (non-hydrogen) atoms. The zero-order valence-corrected chi connectivity index (χ0v) is 20.7. The van der Waals surface area contributed by atoms with Gasteiger partial charge in [-0.25, -0.2) is 4.98 Å². The van der Waals surface area contributed by atoms with E-state index in [1.165, 1.54) is 11.8 Å². The molecule has 1 N–H and O–H groups in total. The molecule has 1 aliphatic heterocycles. The quantitative estimate of drug-likeness (QED) is 0.369. The van der Waals surface area contributed by atoms with E-state index in [9.17, 15) is 4.79 Å². The van der Waals surface area contributed by atoms with E-state index in [0.29, 0.717) is 23.5 Å². The maximum atomic E-state index is 12.5. The molecule has 1 fully saturated rings. The third-order valence-electron chi connectivity index (χ3n) is 6.07. The molecule has 0 bridgehead atoms. The highest BCUT2D eigenvalue weighted by atomic mass is 32.2. The number of rotatable bonds is 8. The van der Waals surface area contributed by atoms with Crippen LogP contribution in [0.2, 0.25) is 0 Å². The Hall–Kier alpha value is -3.37. The fourth-order valence-corrected chi connectivity index (χ4v) is 4.73. The molecule has 3 heterocycles. The van der Waals surface area contributed by atoms with E-state index in [1.54, 1.807) is 0 Å². The molecule has 1 amide bonds. The lowest BCUT2D eigenvalue weighted by molar-refractivity contribution is -0.130. The molecule has 0 unspecified atom stereocenters. The van der Waals surface area contributed by atoms with Crippen molar-refractivity contribution in [3.8, 4) is 28.6 Å². The molecule has 0 spiro atoms. The van der Waals surface area contributed by atoms with Crippen LogP contribution in [0, 0.1) is 0 Å². The number of imidazole rings is 1. The summed E-state index contributed by atoms with van der Waals surface area (Å²) >= 11 is 1.28. The average Bonchev–Trinajstić information content (AvgIpc) is 3.55. The topological polar surface area (TPSA) is 100 Å². The van der Waals surface area contributed by atoms with Gasteiger partial charge in [0.2, 0.25) is 11.8 Å². The second-order valence-corrected chi connectivity index (χ2v) is 9.18. The number of fused-ring (bicyclic) bond motifs is 1. The first-order valence-corrected chi connectivity index (χ1v) is 12.8. The van der Waals surface area contributed by atoms with E-state index in [0.717, 1.165) is 66.5 Å². The number of amides is 1. The van der Waals surface area contributed by atoms with Crippen molar-refractivity contribution < 1.29 is 13.9 Å². The van der Waals surface area contributed by atoms with Crippen molar-refractivity contribution in [1.82, 2.24) is 30.0 Å². The number of thioether (sulfide) groups is 1. The van der Waals surface area contributed by atoms with Gasteiger partial charge in [0.05, 0.1) is 23.4 Å². The maximum Gasteiger partial charge on any atom is 0.277 e. The maximum absolute atomic E-state index is 12.5. The normalized spacial score (nSPS) is 14.5. The van der Waals surface area contributed by atoms with E-state index in [2.05, 4.69) is 32.0 Å². The summed E-state index contributed by atoms with van der Waals surface area (Å²) in [4.78, 5) is 24.8. The van der Waals surface area contributed by atoms with Crippen LogP contribution in [0.1, 0.15) is 13.8 Å². The number of hydrogen-bond acceptors (Lipinski definition) is 8. The number of nitrogens with zero attached hydrogens (tertiary/aromatic N) is 5. The van der Waals surface area contributed by atoms with Crippen LogP contribution in [-0.4, -0.2) is 81.0 Å². The second-order valence-electron chi connectivity index (χ2n) is 8.25. The predicted octanol–water partition coefficient (Wildman–Crippen LogP) is 3.93. The van der Waals surface area contributed by atoms with E-state index in [4.69, 9.17) is 9.15 Å². The number of nitrogens with one attached hydrogen (secondary N) is 1. The van der Waals surface area contributed by atoms with Crippen molar-refractivity contribution in [3.05, 3.63) is 42.5 Å². The van der Waals surface area contributed by atoms with E-state index < -0.39 is 0 Å². The van der Waals surface area contributed by atoms with E-state index >= 15 is 0 Å². The Morgan fingerprint density at radius 2 is 1.83 bits per heavy atom. The molecule has 0 atom stereocenters. The summed E-state index contributed by atoms with van der Waals surface area (Å²) in [5, 5.41) is 8.69. The number of aromatic nitrogens is 4. The molecule has 9 nitrogen and oxygen atoms in total. The van der Waals surface area contributed by atoms with E-state index in [-0.39, 0.29) is 5.91 Å². The van der Waals surface area contributed by atoms with Crippen molar-refractivity contribution in [3.63, 3.8) is 0 Å². The fraction of sp³-hybridized carbons (Fsp3) is 0.360. The number of carbonyl (C=O) groups is 1. The number of aromatic amines is 1. The van der Waals surface area contributed by atoms with Crippen LogP contribution in [-0.2, 0) is 4.79 Å². The summed E-state index contributed by atoms with van der Waals surface area (Å²) in [6, 6.07) is 13.6. The Kier molecular flexibility index (Phi) is 7.01. The molecule has 5 rings (SSSR count). The molecule has 1 saturated heterocycles. The van der Waals surface area contributed by atoms with Crippen LogP contribution in [0.15, 0.2) is 52.1 Å². The highest BCUT2D eigenvalue weighted by Gasteiger charge is 2.21. The van der Waals surface area contributed by atoms with Gasteiger partial charge in [-0.3, -0.25) is 4.79 Å². The first-order chi connectivity index (χ1) is 17.1. The molecule has 0 saturated carbocycles. The van der Waals surface area contributed by atoms with Gasteiger partial charge in [0.25, 0.3) is 5.22 Å². The number of ether oxygens (including phenoxy) is 1. The predicted molar refractivity (Wildman–Crippen MR) is 135 cm³/mol. The summed E-state index contributed by atoms with van der Waals surface area (Å²) in [6.07, 6.45) is 0. The zero-order valence-electron chi connectivity index (χ0n) is 19.9. The fourth-order valence-electron chi connectivity index (χ4n) is 4.07. The minimum absolute atomic E-state index is 0.103. The summed E-state index contributed by atoms with van der Waals surface area (Å²) in [5.41, 5.74) is 3.49. The van der Waals surface area contributed by atoms with Gasteiger partial charge < -0.3 is 23.9 Å². The lowest BCUT2D eigenvalue weighted by Crippen LogP contribution is -2.49. The Morgan fingerprint density at radius 3 is 2.57 bits per heavy atom. The molecule has 2 aromatic carbocycles. The first kappa shape index (κ1) is 23.4. The minimum atomic E-state index is 0.103. The van der Waals surface area contributed by atoms with Crippen LogP contribution in [0.3, 0.4) is 0 Å². The number of carbonyl (C=O) groups excluding carboxylic acids is 1. The van der Waals surface area contributed by atoms with Crippen molar-refractivity contribution in [2.45, 2.75) is 19.1 Å². The molecule has 0 radical (unpaired) electrons. The summed E-state index contributed by atoms with van der Waals surface area (Å²) < 4.78 is 11.3. The van der Waals surface area contributed by atoms with Crippen molar-refractivity contribution in [2.24, 2.45) is 0 Å². The Bertz CT molecular complexity index is 1290. The highest BCUT2D eigenvalue weighted by Crippen LogP contribution is 2.28. The molecule has 10 heteroatoms. The van der Waals surface area contributed by atoms with E-state index in [1.807, 2.05) is 54.3 Å². The Labute approximate surface area is 207 Å². The van der Waals surface area contributed by atoms with Crippen LogP contribution < -0.4 is 4.74 Å². The number of piperazine rings is 1. The largest absolute Gasteiger partial charge is 0.494 e. The van der Waals surface area contributed by atoms with Gasteiger partial charge in [0.15, 0.2) is 0 Å². The van der Waals surface area contributed by atoms with Gasteiger partial charge in [-0.1, -0.05) is 18.7 Å². The lowest BCUT2D eigenvalue weighted by Gasteiger charge is -2.33. The van der Waals surface area contributed by atoms with Crippen LogP contribution >= 0.6 is 11.8 Å². The summed E-state index contributed by atoms with van der Waals surface area (Å²) in [6.45, 7) is 9.15. The van der Waals surface area contributed by atoms with Crippen LogP contribution in [0.25, 0.3) is 33.9 Å². The lowest BCUT2D eigenvalue weighted by atomic mass is 10.2. The van der Waals surface area contributed by atoms with Crippen molar-refractivity contribution in [2.75, 3.05) is 45.1 Å². The standard InChI is InChI=1S/C25H28N6O3S/c1-3-30-11-13-31(14-12-30)22(32)16-35-25-29-28-24(34-25)18-7-10-20-21(15-18)27-23(26-20)17-5-8-19(9-6-17)33-4-2/h5-10,15H,3-4,11-14,16H2,1-2H3,(H,26,27). The number of benzene rings is 2. The van der Waals surface area contributed by atoms with Gasteiger partial charge >= 0.3 is 0 Å². The molecular formula is C25H28N6O3S. The van der Waals surface area contributed by atoms with Crippen molar-refractivity contribution in [1.29, 1.82) is 0 Å². The van der Waals surface area contributed by atoms with Crippen molar-refractivity contribution >= 4 is 28.7 Å². The highest BCUT2D eigenvalue weighted by molar-refractivity contribution is 7.99. The Balaban J connectivity index is 1.24. The first-order valence-electron chi connectivity index (χ1n) is 11.8. The summed E-state index contributed by atoms with van der Waals surface area (Å²) in [5.74, 6) is 2.42. The molecular weight excluding hydrogens is 464 g/mol. The minimum Gasteiger partial charge on any atom is -0.494 e. The number of hydrogen-bond donors (Lipinski definition) is 1. The Morgan fingerprint density at radius 1 is 1.06 bits per heavy atom. The third-order valence-corrected chi connectivity index (χ3v) is 6.87. The van der Waals surface area contributed by atoms with Crippen LogP contribution in [0.4, 0.5) is 0 Å². The molecule has 1 aliphatic rings. The van der Waals surface area contributed by atoms with Crippen LogP contribution in [0.5, 0.6) is 5.75 Å². The van der Waals surface area contributed by atoms with Gasteiger partial charge in [0.1, 0.15) is 11.6 Å². The smallest absolute Gasteiger partial charge is 0.277 e. The van der Waals surface area contributed by atoms with Gasteiger partial charge in [-0.15, -0.1) is 10.2 Å². The number of likely N-dealkylation sites (N-methyl/N-ethyl adjacent to an activating group) is 1. The van der Waals surface area contributed by atoms with Gasteiger partial charge in [-0.2, -0.15) is 0 Å². The molecule has 182 valence electrons. The monoisotopic (exact) mass is 492 g/mol. The van der Waals surface area contributed by atoms with Gasteiger partial charge in [-0.05, 0) is 55.9 Å². The zero-order chi connectivity index (χ0) is 24.2. The van der Waals surface area contributed by atoms with Gasteiger partial charge in [0, 0.05) is 37.3 Å². The number of H-pyrrole nitrogens is 1. The summed E-state index contributed by atoms with van der Waals surface area (Å²) in [7, 11) is 0. The average molecular weight is 493 g/mol. The molecule has 2 aromatic heterocycles. The molecule has 0 aliphatic carbocycles. The second kappa shape index (κ2) is 10.5. The third kappa shape index (κ3) is 5.33. The SMILES string of the molecule is CCOc1ccc(-c2nc3ccc(-c4nnc(SCC(=O)N5CCN(CC)CC5)o4)cc3[nH]2)cc1.